The number of Topliss-reactive ketones (excluding diaryl/α,β-unsaturated/α-hetero) is 1. The van der Waals surface area contributed by atoms with Crippen molar-refractivity contribution < 1.29 is 19.1 Å². The molecule has 3 aromatic rings. The van der Waals surface area contributed by atoms with Crippen LogP contribution < -0.4 is 5.32 Å². The molecule has 0 saturated heterocycles. The lowest BCUT2D eigenvalue weighted by atomic mass is 10.1. The van der Waals surface area contributed by atoms with E-state index in [0.717, 1.165) is 17.0 Å². The molecular weight excluding hydrogens is 398 g/mol. The van der Waals surface area contributed by atoms with Crippen molar-refractivity contribution in [2.24, 2.45) is 0 Å². The summed E-state index contributed by atoms with van der Waals surface area (Å²) >= 11 is 0. The van der Waals surface area contributed by atoms with Gasteiger partial charge in [-0.05, 0) is 44.0 Å². The lowest BCUT2D eigenvalue weighted by molar-refractivity contribution is -0.120. The third-order valence-corrected chi connectivity index (χ3v) is 4.93. The third kappa shape index (κ3) is 4.71. The first kappa shape index (κ1) is 21.9. The molecular formula is C22H25N5O4. The number of ether oxygens (including phenoxy) is 1. The van der Waals surface area contributed by atoms with Crippen LogP contribution in [0.4, 0.5) is 0 Å². The maximum absolute atomic E-state index is 12.5. The largest absolute Gasteiger partial charge is 0.465 e. The molecule has 1 amide bonds. The molecule has 0 aliphatic carbocycles. The van der Waals surface area contributed by atoms with Crippen LogP contribution in [-0.4, -0.2) is 44.5 Å². The molecule has 0 spiro atoms. The van der Waals surface area contributed by atoms with E-state index in [4.69, 9.17) is 4.74 Å². The van der Waals surface area contributed by atoms with Crippen molar-refractivity contribution in [2.75, 3.05) is 7.11 Å². The second kappa shape index (κ2) is 8.95. The van der Waals surface area contributed by atoms with E-state index in [0.29, 0.717) is 22.8 Å². The van der Waals surface area contributed by atoms with Crippen LogP contribution in [0.5, 0.6) is 0 Å². The molecule has 3 heterocycles. The summed E-state index contributed by atoms with van der Waals surface area (Å²) in [4.78, 5) is 43.7. The SMILES string of the molecule is COC(=O)c1c(CC(=O)NCc2ccc(-n3nc(C)cc3C)nc2)[nH]c(C(C)=O)c1C. The first-order valence-corrected chi connectivity index (χ1v) is 9.77. The number of rotatable bonds is 7. The molecule has 3 aromatic heterocycles. The van der Waals surface area contributed by atoms with Crippen molar-refractivity contribution in [2.45, 2.75) is 40.7 Å². The number of ketones is 1. The molecule has 0 radical (unpaired) electrons. The number of nitrogens with zero attached hydrogens (tertiary/aromatic N) is 3. The van der Waals surface area contributed by atoms with Crippen LogP contribution in [0.1, 0.15) is 56.0 Å². The first-order valence-electron chi connectivity index (χ1n) is 9.77. The Hall–Kier alpha value is -3.75. The van der Waals surface area contributed by atoms with E-state index in [1.165, 1.54) is 14.0 Å². The Morgan fingerprint density at radius 1 is 1.19 bits per heavy atom. The molecule has 0 unspecified atom stereocenters. The lowest BCUT2D eigenvalue weighted by Gasteiger charge is -2.08. The molecule has 2 N–H and O–H groups in total. The summed E-state index contributed by atoms with van der Waals surface area (Å²) in [6, 6.07) is 5.67. The number of esters is 1. The number of amides is 1. The summed E-state index contributed by atoms with van der Waals surface area (Å²) in [6.07, 6.45) is 1.59. The van der Waals surface area contributed by atoms with E-state index in [2.05, 4.69) is 20.4 Å². The van der Waals surface area contributed by atoms with Gasteiger partial charge in [-0.25, -0.2) is 14.5 Å². The summed E-state index contributed by atoms with van der Waals surface area (Å²) in [5, 5.41) is 7.21. The van der Waals surface area contributed by atoms with E-state index in [1.807, 2.05) is 32.0 Å². The van der Waals surface area contributed by atoms with Crippen molar-refractivity contribution in [3.8, 4) is 5.82 Å². The van der Waals surface area contributed by atoms with Crippen molar-refractivity contribution in [1.82, 2.24) is 25.1 Å². The smallest absolute Gasteiger partial charge is 0.339 e. The number of aryl methyl sites for hydroxylation is 2. The van der Waals surface area contributed by atoms with Crippen molar-refractivity contribution in [3.05, 3.63) is 63.9 Å². The summed E-state index contributed by atoms with van der Waals surface area (Å²) in [5.74, 6) is -0.415. The number of carbonyl (C=O) groups is 3. The number of aromatic amines is 1. The standard InChI is InChI=1S/C22H25N5O4/c1-12-8-13(2)27(26-12)18-7-6-16(10-23-18)11-24-19(29)9-17-20(22(30)31-5)14(3)21(25-17)15(4)28/h6-8,10,25H,9,11H2,1-5H3,(H,24,29). The maximum atomic E-state index is 12.5. The van der Waals surface area contributed by atoms with Crippen LogP contribution >= 0.6 is 0 Å². The number of nitrogens with one attached hydrogen (secondary N) is 2. The fourth-order valence-electron chi connectivity index (χ4n) is 3.45. The minimum absolute atomic E-state index is 0.0875. The molecule has 0 aromatic carbocycles. The Labute approximate surface area is 179 Å². The highest BCUT2D eigenvalue weighted by Crippen LogP contribution is 2.20. The molecule has 31 heavy (non-hydrogen) atoms. The second-order valence-electron chi connectivity index (χ2n) is 7.34. The second-order valence-corrected chi connectivity index (χ2v) is 7.34. The van der Waals surface area contributed by atoms with Gasteiger partial charge >= 0.3 is 5.97 Å². The zero-order valence-electron chi connectivity index (χ0n) is 18.2. The van der Waals surface area contributed by atoms with Gasteiger partial charge in [-0.2, -0.15) is 5.10 Å². The van der Waals surface area contributed by atoms with E-state index < -0.39 is 5.97 Å². The van der Waals surface area contributed by atoms with Crippen LogP contribution in [0, 0.1) is 20.8 Å². The number of H-pyrrole nitrogens is 1. The molecule has 0 aliphatic rings. The molecule has 9 nitrogen and oxygen atoms in total. The molecule has 0 bridgehead atoms. The van der Waals surface area contributed by atoms with Gasteiger partial charge in [0.2, 0.25) is 5.91 Å². The lowest BCUT2D eigenvalue weighted by Crippen LogP contribution is -2.25. The summed E-state index contributed by atoms with van der Waals surface area (Å²) in [7, 11) is 1.26. The van der Waals surface area contributed by atoms with Crippen LogP contribution in [0.3, 0.4) is 0 Å². The van der Waals surface area contributed by atoms with Gasteiger partial charge < -0.3 is 15.0 Å². The molecule has 0 fully saturated rings. The molecule has 162 valence electrons. The molecule has 0 saturated carbocycles. The Kier molecular flexibility index (Phi) is 6.33. The average molecular weight is 423 g/mol. The highest BCUT2D eigenvalue weighted by Gasteiger charge is 2.24. The predicted molar refractivity (Wildman–Crippen MR) is 113 cm³/mol. The third-order valence-electron chi connectivity index (χ3n) is 4.93. The molecule has 3 rings (SSSR count). The Bertz CT molecular complexity index is 1140. The monoisotopic (exact) mass is 423 g/mol. The first-order chi connectivity index (χ1) is 14.7. The fraction of sp³-hybridized carbons (Fsp3) is 0.318. The molecule has 0 aliphatic heterocycles. The van der Waals surface area contributed by atoms with Gasteiger partial charge in [-0.1, -0.05) is 6.07 Å². The topological polar surface area (TPSA) is 119 Å². The zero-order chi connectivity index (χ0) is 22.7. The number of aromatic nitrogens is 4. The number of pyridine rings is 1. The van der Waals surface area contributed by atoms with Crippen molar-refractivity contribution in [3.63, 3.8) is 0 Å². The maximum Gasteiger partial charge on any atom is 0.339 e. The number of methoxy groups -OCH3 is 1. The highest BCUT2D eigenvalue weighted by molar-refractivity contribution is 6.01. The van der Waals surface area contributed by atoms with Gasteiger partial charge in [0.15, 0.2) is 11.6 Å². The Morgan fingerprint density at radius 3 is 2.48 bits per heavy atom. The Balaban J connectivity index is 1.68. The number of hydrogen-bond acceptors (Lipinski definition) is 6. The minimum Gasteiger partial charge on any atom is -0.465 e. The highest BCUT2D eigenvalue weighted by atomic mass is 16.5. The van der Waals surface area contributed by atoms with E-state index >= 15 is 0 Å². The van der Waals surface area contributed by atoms with Crippen LogP contribution in [0.2, 0.25) is 0 Å². The quantitative estimate of drug-likeness (QED) is 0.445. The fourth-order valence-corrected chi connectivity index (χ4v) is 3.45. The van der Waals surface area contributed by atoms with Crippen molar-refractivity contribution in [1.29, 1.82) is 0 Å². The normalized spacial score (nSPS) is 10.7. The summed E-state index contributed by atoms with van der Waals surface area (Å²) < 4.78 is 6.56. The number of carbonyl (C=O) groups excluding carboxylic acids is 3. The van der Waals surface area contributed by atoms with Crippen molar-refractivity contribution >= 4 is 17.7 Å². The van der Waals surface area contributed by atoms with Gasteiger partial charge in [0, 0.05) is 31.1 Å². The van der Waals surface area contributed by atoms with Gasteiger partial charge in [-0.3, -0.25) is 9.59 Å². The van der Waals surface area contributed by atoms with E-state index in [-0.39, 0.29) is 30.2 Å². The predicted octanol–water partition coefficient (Wildman–Crippen LogP) is 2.37. The minimum atomic E-state index is -0.590. The van der Waals surface area contributed by atoms with Gasteiger partial charge in [0.05, 0.1) is 30.5 Å². The van der Waals surface area contributed by atoms with E-state index in [1.54, 1.807) is 17.8 Å². The zero-order valence-corrected chi connectivity index (χ0v) is 18.2. The Morgan fingerprint density at radius 2 is 1.94 bits per heavy atom. The number of hydrogen-bond donors (Lipinski definition) is 2. The summed E-state index contributed by atoms with van der Waals surface area (Å²) in [5.41, 5.74) is 4.06. The van der Waals surface area contributed by atoms with Crippen LogP contribution in [0.25, 0.3) is 5.82 Å². The average Bonchev–Trinajstić information content (AvgIpc) is 3.24. The van der Waals surface area contributed by atoms with Gasteiger partial charge in [0.1, 0.15) is 0 Å². The molecule has 0 atom stereocenters. The van der Waals surface area contributed by atoms with E-state index in [9.17, 15) is 14.4 Å². The van der Waals surface area contributed by atoms with Crippen LogP contribution in [-0.2, 0) is 22.5 Å². The van der Waals surface area contributed by atoms with Gasteiger partial charge in [-0.15, -0.1) is 0 Å². The molecule has 9 heteroatoms. The van der Waals surface area contributed by atoms with Crippen LogP contribution in [0.15, 0.2) is 24.4 Å². The van der Waals surface area contributed by atoms with Gasteiger partial charge in [0.25, 0.3) is 0 Å². The summed E-state index contributed by atoms with van der Waals surface area (Å²) in [6.45, 7) is 7.20.